The van der Waals surface area contributed by atoms with E-state index < -0.39 is 56.3 Å². The van der Waals surface area contributed by atoms with Crippen LogP contribution in [-0.2, 0) is 20.9 Å². The van der Waals surface area contributed by atoms with Gasteiger partial charge in [-0.15, -0.1) is 0 Å². The van der Waals surface area contributed by atoms with Crippen molar-refractivity contribution >= 4 is 21.9 Å². The van der Waals surface area contributed by atoms with Crippen molar-refractivity contribution in [2.75, 3.05) is 13.7 Å². The number of halogens is 4. The van der Waals surface area contributed by atoms with Gasteiger partial charge in [0.15, 0.2) is 0 Å². The molecule has 0 saturated carbocycles. The van der Waals surface area contributed by atoms with Crippen LogP contribution in [0.5, 0.6) is 0 Å². The molecule has 9 nitrogen and oxygen atoms in total. The average molecular weight is 503 g/mol. The zero-order chi connectivity index (χ0) is 24.9. The maximum absolute atomic E-state index is 15.1. The van der Waals surface area contributed by atoms with Crippen LogP contribution >= 0.6 is 0 Å². The molecule has 3 atom stereocenters. The highest BCUT2D eigenvalue weighted by molar-refractivity contribution is 7.90. The van der Waals surface area contributed by atoms with Crippen molar-refractivity contribution in [1.82, 2.24) is 19.9 Å². The van der Waals surface area contributed by atoms with Crippen molar-refractivity contribution in [2.24, 2.45) is 5.92 Å². The largest absolute Gasteiger partial charge is 0.417 e. The van der Waals surface area contributed by atoms with Crippen LogP contribution in [0.2, 0.25) is 0 Å². The lowest BCUT2D eigenvalue weighted by Gasteiger charge is -2.53. The number of nitrogens with zero attached hydrogens (tertiary/aromatic N) is 2. The van der Waals surface area contributed by atoms with Crippen LogP contribution in [0.3, 0.4) is 0 Å². The number of amides is 1. The summed E-state index contributed by atoms with van der Waals surface area (Å²) in [4.78, 5) is 16.1. The zero-order valence-electron chi connectivity index (χ0n) is 17.8. The van der Waals surface area contributed by atoms with E-state index in [0.717, 1.165) is 22.5 Å². The van der Waals surface area contributed by atoms with Crippen molar-refractivity contribution in [3.63, 3.8) is 0 Å². The molecule has 2 aliphatic heterocycles. The Hall–Kier alpha value is -3.00. The van der Waals surface area contributed by atoms with Crippen LogP contribution in [0, 0.1) is 11.3 Å². The van der Waals surface area contributed by atoms with Crippen LogP contribution in [0.1, 0.15) is 35.3 Å². The molecule has 2 fully saturated rings. The Bertz CT molecular complexity index is 1180. The van der Waals surface area contributed by atoms with Gasteiger partial charge in [-0.3, -0.25) is 15.2 Å². The van der Waals surface area contributed by atoms with Crippen LogP contribution in [-0.4, -0.2) is 54.2 Å². The van der Waals surface area contributed by atoms with Crippen molar-refractivity contribution in [2.45, 2.75) is 36.4 Å². The van der Waals surface area contributed by atoms with E-state index in [4.69, 9.17) is 10.1 Å². The Morgan fingerprint density at radius 2 is 2.09 bits per heavy atom. The summed E-state index contributed by atoms with van der Waals surface area (Å²) in [6, 6.07) is 1.65. The van der Waals surface area contributed by atoms with E-state index in [1.807, 2.05) is 0 Å². The van der Waals surface area contributed by atoms with Crippen LogP contribution in [0.25, 0.3) is 0 Å². The van der Waals surface area contributed by atoms with Gasteiger partial charge in [0, 0.05) is 31.5 Å². The molecular weight excluding hydrogens is 482 g/mol. The molecule has 34 heavy (non-hydrogen) atoms. The van der Waals surface area contributed by atoms with E-state index in [-0.39, 0.29) is 30.8 Å². The normalized spacial score (nSPS) is 28.9. The van der Waals surface area contributed by atoms with Gasteiger partial charge in [0.05, 0.1) is 11.1 Å². The maximum Gasteiger partial charge on any atom is 0.417 e. The van der Waals surface area contributed by atoms with Gasteiger partial charge < -0.3 is 15.4 Å². The molecule has 4 rings (SSSR count). The average Bonchev–Trinajstić information content (AvgIpc) is 2.78. The fourth-order valence-electron chi connectivity index (χ4n) is 4.40. The van der Waals surface area contributed by atoms with Crippen molar-refractivity contribution in [3.8, 4) is 0 Å². The summed E-state index contributed by atoms with van der Waals surface area (Å²) in [5.74, 6) is -2.98. The number of nitrogens with one attached hydrogen (secondary N) is 3. The molecule has 3 aliphatic rings. The minimum Gasteiger partial charge on any atom is -0.358 e. The third-order valence-corrected chi connectivity index (χ3v) is 8.21. The number of hydrogen-bond donors (Lipinski definition) is 3. The number of fused-ring (bicyclic) bond motifs is 1. The molecule has 3 N–H and O–H groups in total. The Morgan fingerprint density at radius 3 is 2.74 bits per heavy atom. The first-order valence-corrected chi connectivity index (χ1v) is 11.7. The van der Waals surface area contributed by atoms with Crippen LogP contribution < -0.4 is 10.6 Å². The van der Waals surface area contributed by atoms with E-state index in [1.165, 1.54) is 13.1 Å². The van der Waals surface area contributed by atoms with Crippen LogP contribution in [0.4, 0.5) is 17.6 Å². The fraction of sp³-hybridized carbons (Fsp3) is 0.450. The first-order valence-electron chi connectivity index (χ1n) is 10.2. The highest BCUT2D eigenvalue weighted by atomic mass is 32.2. The molecule has 0 spiro atoms. The molecule has 0 radical (unpaired) electrons. The predicted molar refractivity (Wildman–Crippen MR) is 111 cm³/mol. The fourth-order valence-corrected chi connectivity index (χ4v) is 6.13. The third kappa shape index (κ3) is 4.04. The highest BCUT2D eigenvalue weighted by Crippen LogP contribution is 2.45. The quantitative estimate of drug-likeness (QED) is 0.544. The number of alkyl halides is 3. The monoisotopic (exact) mass is 503 g/mol. The van der Waals surface area contributed by atoms with Crippen molar-refractivity contribution in [3.05, 3.63) is 53.3 Å². The van der Waals surface area contributed by atoms with Gasteiger partial charge in [0.2, 0.25) is 11.4 Å². The summed E-state index contributed by atoms with van der Waals surface area (Å²) < 4.78 is 85.5. The standard InChI is InChI=1S/C20H21F4N5O4S/c1-29-18(25)28-19(7-2-8-33-17(19)34(29,31)32)13-9-12(4-5-14(13)21)27-16(30)15-6-3-11(10-26-15)20(22,23)24/h3-6,10,13,17H,2,7-9H2,1H3,(H2,25,28)(H,27,30)/t13?,17?,19-/m1/s1. The molecule has 1 aliphatic carbocycles. The summed E-state index contributed by atoms with van der Waals surface area (Å²) in [6.45, 7) is 0.144. The predicted octanol–water partition coefficient (Wildman–Crippen LogP) is 2.26. The topological polar surface area (TPSA) is 124 Å². The molecule has 1 aromatic heterocycles. The SMILES string of the molecule is CN1C(=N)N[C@@]2(C3CC(NC(=O)c4ccc(C(F)(F)F)cn4)=CC=C3F)CCCOC2S1(=O)=O. The number of aromatic nitrogens is 1. The molecule has 3 heterocycles. The number of hydrogen-bond acceptors (Lipinski definition) is 6. The number of carbonyl (C=O) groups excluding carboxylic acids is 1. The molecule has 1 aromatic rings. The third-order valence-electron chi connectivity index (χ3n) is 6.16. The maximum atomic E-state index is 15.1. The Kier molecular flexibility index (Phi) is 5.92. The van der Waals surface area contributed by atoms with Gasteiger partial charge in [0.1, 0.15) is 11.5 Å². The van der Waals surface area contributed by atoms with E-state index in [2.05, 4.69) is 15.6 Å². The molecule has 0 bridgehead atoms. The van der Waals surface area contributed by atoms with E-state index in [9.17, 15) is 26.4 Å². The number of allylic oxidation sites excluding steroid dienone is 3. The van der Waals surface area contributed by atoms with Gasteiger partial charge in [-0.2, -0.15) is 13.2 Å². The number of ether oxygens (including phenoxy) is 1. The lowest BCUT2D eigenvalue weighted by atomic mass is 9.74. The van der Waals surface area contributed by atoms with Gasteiger partial charge in [-0.1, -0.05) is 0 Å². The molecule has 2 unspecified atom stereocenters. The molecule has 2 saturated heterocycles. The van der Waals surface area contributed by atoms with Gasteiger partial charge in [-0.25, -0.2) is 17.1 Å². The van der Waals surface area contributed by atoms with Crippen molar-refractivity contribution in [1.29, 1.82) is 5.41 Å². The number of guanidine groups is 1. The molecular formula is C20H21F4N5O4S. The molecule has 14 heteroatoms. The van der Waals surface area contributed by atoms with E-state index in [1.54, 1.807) is 0 Å². The van der Waals surface area contributed by atoms with E-state index in [0.29, 0.717) is 12.6 Å². The number of rotatable bonds is 3. The number of carbonyl (C=O) groups is 1. The number of sulfonamides is 1. The van der Waals surface area contributed by atoms with Gasteiger partial charge >= 0.3 is 6.18 Å². The lowest BCUT2D eigenvalue weighted by Crippen LogP contribution is -2.74. The van der Waals surface area contributed by atoms with Gasteiger partial charge in [-0.05, 0) is 43.5 Å². The summed E-state index contributed by atoms with van der Waals surface area (Å²) >= 11 is 0. The summed E-state index contributed by atoms with van der Waals surface area (Å²) in [5.41, 5.74) is -4.02. The zero-order valence-corrected chi connectivity index (χ0v) is 18.6. The van der Waals surface area contributed by atoms with E-state index >= 15 is 4.39 Å². The Balaban J connectivity index is 1.58. The number of pyridine rings is 1. The molecule has 184 valence electrons. The Labute approximate surface area is 192 Å². The van der Waals surface area contributed by atoms with Gasteiger partial charge in [0.25, 0.3) is 15.9 Å². The highest BCUT2D eigenvalue weighted by Gasteiger charge is 2.60. The second kappa shape index (κ2) is 8.34. The second-order valence-corrected chi connectivity index (χ2v) is 10.2. The second-order valence-electron chi connectivity index (χ2n) is 8.22. The first kappa shape index (κ1) is 24.1. The Morgan fingerprint density at radius 1 is 1.35 bits per heavy atom. The summed E-state index contributed by atoms with van der Waals surface area (Å²) in [5, 5.41) is 13.4. The van der Waals surface area contributed by atoms with Crippen molar-refractivity contribution < 1.29 is 35.5 Å². The first-order chi connectivity index (χ1) is 15.9. The summed E-state index contributed by atoms with van der Waals surface area (Å²) in [7, 11) is -2.92. The smallest absolute Gasteiger partial charge is 0.358 e. The lowest BCUT2D eigenvalue weighted by molar-refractivity contribution is -0.137. The minimum absolute atomic E-state index is 0.144. The molecule has 1 amide bonds. The minimum atomic E-state index is -4.60. The molecule has 0 aromatic carbocycles. The summed E-state index contributed by atoms with van der Waals surface area (Å²) in [6.07, 6.45) is -1.22. The van der Waals surface area contributed by atoms with Crippen LogP contribution in [0.15, 0.2) is 42.0 Å².